The van der Waals surface area contributed by atoms with Crippen molar-refractivity contribution in [2.24, 2.45) is 0 Å². The maximum Gasteiger partial charge on any atom is 0.251 e. The molecule has 1 amide bonds. The second kappa shape index (κ2) is 7.50. The lowest BCUT2D eigenvalue weighted by Crippen LogP contribution is -2.23. The average molecular weight is 299 g/mol. The summed E-state index contributed by atoms with van der Waals surface area (Å²) in [5, 5.41) is 2.90. The normalized spacial score (nSPS) is 10.1. The number of carbonyl (C=O) groups excluding carboxylic acids is 1. The maximum absolute atomic E-state index is 12.2. The number of nitrogens with one attached hydrogen (secondary N) is 1. The molecule has 0 bridgehead atoms. The molecule has 0 radical (unpaired) electrons. The van der Waals surface area contributed by atoms with Crippen LogP contribution in [0.5, 0.6) is 11.5 Å². The minimum atomic E-state index is -0.104. The van der Waals surface area contributed by atoms with Gasteiger partial charge in [-0.3, -0.25) is 4.79 Å². The number of ether oxygens (including phenoxy) is 2. The highest BCUT2D eigenvalue weighted by molar-refractivity contribution is 5.94. The summed E-state index contributed by atoms with van der Waals surface area (Å²) in [5.74, 6) is 1.20. The van der Waals surface area contributed by atoms with Crippen LogP contribution in [-0.2, 0) is 13.0 Å². The molecule has 4 heteroatoms. The molecule has 22 heavy (non-hydrogen) atoms. The quantitative estimate of drug-likeness (QED) is 0.891. The molecule has 0 fully saturated rings. The van der Waals surface area contributed by atoms with Gasteiger partial charge in [0, 0.05) is 17.7 Å². The van der Waals surface area contributed by atoms with E-state index < -0.39 is 0 Å². The second-order valence-corrected chi connectivity index (χ2v) is 4.89. The molecule has 0 saturated carbocycles. The topological polar surface area (TPSA) is 47.6 Å². The Hall–Kier alpha value is -2.49. The first kappa shape index (κ1) is 15.9. The van der Waals surface area contributed by atoms with Crippen molar-refractivity contribution in [3.8, 4) is 11.5 Å². The van der Waals surface area contributed by atoms with E-state index in [1.54, 1.807) is 14.2 Å². The summed E-state index contributed by atoms with van der Waals surface area (Å²) >= 11 is 0. The van der Waals surface area contributed by atoms with Gasteiger partial charge in [-0.25, -0.2) is 0 Å². The van der Waals surface area contributed by atoms with Crippen LogP contribution in [0, 0.1) is 0 Å². The molecule has 0 unspecified atom stereocenters. The Kier molecular flexibility index (Phi) is 5.42. The van der Waals surface area contributed by atoms with Gasteiger partial charge in [-0.15, -0.1) is 0 Å². The number of aryl methyl sites for hydroxylation is 1. The third-order valence-electron chi connectivity index (χ3n) is 3.55. The van der Waals surface area contributed by atoms with Crippen molar-refractivity contribution in [1.82, 2.24) is 5.32 Å². The first-order valence-electron chi connectivity index (χ1n) is 7.26. The Labute approximate surface area is 131 Å². The standard InChI is InChI=1S/C18H21NO3/c1-4-13-8-10-14(11-9-13)18(20)19-12-15-6-5-7-16(21-2)17(15)22-3/h5-11H,4,12H2,1-3H3,(H,19,20). The van der Waals surface area contributed by atoms with E-state index in [0.29, 0.717) is 23.6 Å². The van der Waals surface area contributed by atoms with Crippen LogP contribution in [0.15, 0.2) is 42.5 Å². The molecule has 0 aliphatic rings. The maximum atomic E-state index is 12.2. The summed E-state index contributed by atoms with van der Waals surface area (Å²) in [6.45, 7) is 2.47. The summed E-state index contributed by atoms with van der Waals surface area (Å²) in [6.07, 6.45) is 0.961. The first-order valence-corrected chi connectivity index (χ1v) is 7.26. The lowest BCUT2D eigenvalue weighted by atomic mass is 10.1. The van der Waals surface area contributed by atoms with Gasteiger partial charge in [-0.2, -0.15) is 0 Å². The molecule has 0 spiro atoms. The molecule has 1 N–H and O–H groups in total. The molecule has 116 valence electrons. The molecule has 2 aromatic carbocycles. The molecule has 2 aromatic rings. The Bertz CT molecular complexity index is 635. The third kappa shape index (κ3) is 3.58. The van der Waals surface area contributed by atoms with Crippen molar-refractivity contribution in [2.75, 3.05) is 14.2 Å². The lowest BCUT2D eigenvalue weighted by Gasteiger charge is -2.13. The predicted octanol–water partition coefficient (Wildman–Crippen LogP) is 3.20. The molecule has 0 aliphatic heterocycles. The van der Waals surface area contributed by atoms with Crippen LogP contribution >= 0.6 is 0 Å². The molecule has 0 heterocycles. The predicted molar refractivity (Wildman–Crippen MR) is 86.5 cm³/mol. The Morgan fingerprint density at radius 1 is 1.05 bits per heavy atom. The van der Waals surface area contributed by atoms with Gasteiger partial charge in [0.25, 0.3) is 5.91 Å². The molecular formula is C18H21NO3. The first-order chi connectivity index (χ1) is 10.7. The van der Waals surface area contributed by atoms with Crippen LogP contribution in [0.25, 0.3) is 0 Å². The van der Waals surface area contributed by atoms with Crippen LogP contribution in [0.4, 0.5) is 0 Å². The minimum absolute atomic E-state index is 0.104. The van der Waals surface area contributed by atoms with E-state index in [4.69, 9.17) is 9.47 Å². The van der Waals surface area contributed by atoms with Crippen molar-refractivity contribution in [1.29, 1.82) is 0 Å². The highest BCUT2D eigenvalue weighted by Crippen LogP contribution is 2.30. The summed E-state index contributed by atoms with van der Waals surface area (Å²) < 4.78 is 10.6. The van der Waals surface area contributed by atoms with Gasteiger partial charge >= 0.3 is 0 Å². The molecule has 0 saturated heterocycles. The number of methoxy groups -OCH3 is 2. The molecule has 0 atom stereocenters. The number of amides is 1. The summed E-state index contributed by atoms with van der Waals surface area (Å²) in [4.78, 5) is 12.2. The van der Waals surface area contributed by atoms with E-state index in [-0.39, 0.29) is 5.91 Å². The van der Waals surface area contributed by atoms with Crippen molar-refractivity contribution in [3.63, 3.8) is 0 Å². The van der Waals surface area contributed by atoms with E-state index in [1.807, 2.05) is 42.5 Å². The fourth-order valence-corrected chi connectivity index (χ4v) is 2.26. The largest absolute Gasteiger partial charge is 0.493 e. The summed E-state index contributed by atoms with van der Waals surface area (Å²) in [7, 11) is 3.18. The molecule has 0 aliphatic carbocycles. The number of hydrogen-bond acceptors (Lipinski definition) is 3. The van der Waals surface area contributed by atoms with Gasteiger partial charge in [0.15, 0.2) is 11.5 Å². The van der Waals surface area contributed by atoms with Gasteiger partial charge in [0.1, 0.15) is 0 Å². The lowest BCUT2D eigenvalue weighted by molar-refractivity contribution is 0.0950. The fraction of sp³-hybridized carbons (Fsp3) is 0.278. The van der Waals surface area contributed by atoms with Gasteiger partial charge in [0.05, 0.1) is 14.2 Å². The smallest absolute Gasteiger partial charge is 0.251 e. The second-order valence-electron chi connectivity index (χ2n) is 4.89. The molecule has 0 aromatic heterocycles. The number of carbonyl (C=O) groups is 1. The third-order valence-corrected chi connectivity index (χ3v) is 3.55. The molecule has 4 nitrogen and oxygen atoms in total. The van der Waals surface area contributed by atoms with E-state index in [1.165, 1.54) is 5.56 Å². The number of hydrogen-bond donors (Lipinski definition) is 1. The van der Waals surface area contributed by atoms with Gasteiger partial charge in [-0.05, 0) is 30.2 Å². The zero-order chi connectivity index (χ0) is 15.9. The average Bonchev–Trinajstić information content (AvgIpc) is 2.59. The summed E-state index contributed by atoms with van der Waals surface area (Å²) in [6, 6.07) is 13.2. The minimum Gasteiger partial charge on any atom is -0.493 e. The highest BCUT2D eigenvalue weighted by Gasteiger charge is 2.11. The Morgan fingerprint density at radius 3 is 2.36 bits per heavy atom. The van der Waals surface area contributed by atoms with E-state index in [2.05, 4.69) is 12.2 Å². The van der Waals surface area contributed by atoms with Crippen LogP contribution in [-0.4, -0.2) is 20.1 Å². The number of para-hydroxylation sites is 1. The molecule has 2 rings (SSSR count). The van der Waals surface area contributed by atoms with Crippen LogP contribution in [0.3, 0.4) is 0 Å². The van der Waals surface area contributed by atoms with Crippen LogP contribution < -0.4 is 14.8 Å². The van der Waals surface area contributed by atoms with Crippen molar-refractivity contribution >= 4 is 5.91 Å². The van der Waals surface area contributed by atoms with Gasteiger partial charge in [0.2, 0.25) is 0 Å². The number of benzene rings is 2. The van der Waals surface area contributed by atoms with E-state index >= 15 is 0 Å². The van der Waals surface area contributed by atoms with Crippen molar-refractivity contribution in [3.05, 3.63) is 59.2 Å². The fourth-order valence-electron chi connectivity index (χ4n) is 2.26. The Balaban J connectivity index is 2.07. The Morgan fingerprint density at radius 2 is 1.77 bits per heavy atom. The van der Waals surface area contributed by atoms with Gasteiger partial charge in [-0.1, -0.05) is 31.2 Å². The van der Waals surface area contributed by atoms with Gasteiger partial charge < -0.3 is 14.8 Å². The zero-order valence-corrected chi connectivity index (χ0v) is 13.2. The summed E-state index contributed by atoms with van der Waals surface area (Å²) in [5.41, 5.74) is 2.74. The SMILES string of the molecule is CCc1ccc(C(=O)NCc2cccc(OC)c2OC)cc1. The zero-order valence-electron chi connectivity index (χ0n) is 13.2. The van der Waals surface area contributed by atoms with E-state index in [9.17, 15) is 4.79 Å². The van der Waals surface area contributed by atoms with Crippen molar-refractivity contribution < 1.29 is 14.3 Å². The molecular weight excluding hydrogens is 278 g/mol. The van der Waals surface area contributed by atoms with Crippen LogP contribution in [0.1, 0.15) is 28.4 Å². The number of rotatable bonds is 6. The highest BCUT2D eigenvalue weighted by atomic mass is 16.5. The van der Waals surface area contributed by atoms with Crippen LogP contribution in [0.2, 0.25) is 0 Å². The van der Waals surface area contributed by atoms with Crippen molar-refractivity contribution in [2.45, 2.75) is 19.9 Å². The van der Waals surface area contributed by atoms with E-state index in [0.717, 1.165) is 12.0 Å². The monoisotopic (exact) mass is 299 g/mol.